The first-order valence-electron chi connectivity index (χ1n) is 5.38. The number of aromatic nitrogens is 1. The van der Waals surface area contributed by atoms with Crippen LogP contribution >= 0.6 is 11.3 Å². The van der Waals surface area contributed by atoms with Gasteiger partial charge in [-0.25, -0.2) is 9.78 Å². The number of carbonyl (C=O) groups is 1. The predicted octanol–water partition coefficient (Wildman–Crippen LogP) is 2.59. The smallest absolute Gasteiger partial charge is 0.358 e. The Hall–Kier alpha value is -1.66. The van der Waals surface area contributed by atoms with Gasteiger partial charge in [-0.2, -0.15) is 0 Å². The highest BCUT2D eigenvalue weighted by atomic mass is 32.1. The van der Waals surface area contributed by atoms with Gasteiger partial charge in [0.2, 0.25) is 0 Å². The second-order valence-corrected chi connectivity index (χ2v) is 4.58. The summed E-state index contributed by atoms with van der Waals surface area (Å²) in [6.45, 7) is 2.13. The molecule has 5 nitrogen and oxygen atoms in total. The number of thiazole rings is 1. The summed E-state index contributed by atoms with van der Waals surface area (Å²) in [4.78, 5) is 16.0. The third-order valence-corrected chi connectivity index (χ3v) is 3.08. The van der Waals surface area contributed by atoms with Crippen LogP contribution in [0.1, 0.15) is 17.4 Å². The highest BCUT2D eigenvalue weighted by molar-refractivity contribution is 7.13. The summed E-state index contributed by atoms with van der Waals surface area (Å²) in [5.74, 6) is -0.439. The molecule has 0 fully saturated rings. The second-order valence-electron chi connectivity index (χ2n) is 3.72. The molecule has 0 N–H and O–H groups in total. The van der Waals surface area contributed by atoms with Crippen LogP contribution in [0.4, 0.5) is 0 Å². The second kappa shape index (κ2) is 5.79. The molecule has 2 rings (SSSR count). The molecule has 0 bridgehead atoms. The topological polar surface area (TPSA) is 61.6 Å². The van der Waals surface area contributed by atoms with Crippen LogP contribution in [0.2, 0.25) is 0 Å². The molecule has 2 aromatic rings. The lowest BCUT2D eigenvalue weighted by Crippen LogP contribution is -2.19. The lowest BCUT2D eigenvalue weighted by molar-refractivity contribution is 0.0115. The summed E-state index contributed by atoms with van der Waals surface area (Å²) in [5.41, 5.74) is 1.16. The fraction of sp³-hybridized carbons (Fsp3) is 0.333. The van der Waals surface area contributed by atoms with E-state index in [2.05, 4.69) is 4.98 Å². The number of nitrogens with zero attached hydrogens (tertiary/aromatic N) is 1. The zero-order chi connectivity index (χ0) is 13.0. The Bertz CT molecular complexity index is 506. The van der Waals surface area contributed by atoms with Crippen molar-refractivity contribution >= 4 is 17.3 Å². The van der Waals surface area contributed by atoms with Crippen molar-refractivity contribution in [1.82, 2.24) is 4.98 Å². The van der Waals surface area contributed by atoms with E-state index in [1.54, 1.807) is 38.0 Å². The molecule has 0 aliphatic heterocycles. The van der Waals surface area contributed by atoms with Crippen LogP contribution in [0.15, 0.2) is 28.4 Å². The molecule has 18 heavy (non-hydrogen) atoms. The van der Waals surface area contributed by atoms with Crippen molar-refractivity contribution in [2.24, 2.45) is 0 Å². The van der Waals surface area contributed by atoms with Crippen molar-refractivity contribution in [1.29, 1.82) is 0 Å². The minimum absolute atomic E-state index is 0.290. The summed E-state index contributed by atoms with van der Waals surface area (Å²) in [6.07, 6.45) is 2.86. The minimum Gasteiger partial charge on any atom is -0.472 e. The number of methoxy groups -OCH3 is 1. The lowest BCUT2D eigenvalue weighted by atomic mass is 10.3. The molecule has 1 atom stereocenters. The molecule has 0 spiro atoms. The molecule has 0 aromatic carbocycles. The first kappa shape index (κ1) is 12.8. The molecule has 0 amide bonds. The van der Waals surface area contributed by atoms with Crippen LogP contribution in [0.5, 0.6) is 0 Å². The monoisotopic (exact) mass is 267 g/mol. The Balaban J connectivity index is 2.04. The molecule has 96 valence electrons. The van der Waals surface area contributed by atoms with E-state index in [-0.39, 0.29) is 6.10 Å². The highest BCUT2D eigenvalue weighted by Gasteiger charge is 2.16. The van der Waals surface area contributed by atoms with Gasteiger partial charge in [-0.15, -0.1) is 11.3 Å². The van der Waals surface area contributed by atoms with Gasteiger partial charge in [0.25, 0.3) is 0 Å². The average molecular weight is 267 g/mol. The van der Waals surface area contributed by atoms with Crippen molar-refractivity contribution in [3.8, 4) is 10.6 Å². The van der Waals surface area contributed by atoms with E-state index in [0.717, 1.165) is 10.6 Å². The molecule has 0 saturated heterocycles. The van der Waals surface area contributed by atoms with E-state index < -0.39 is 5.97 Å². The first-order chi connectivity index (χ1) is 8.70. The van der Waals surface area contributed by atoms with Gasteiger partial charge in [0.15, 0.2) is 5.69 Å². The number of carbonyl (C=O) groups excluding carboxylic acids is 1. The predicted molar refractivity (Wildman–Crippen MR) is 66.6 cm³/mol. The Morgan fingerprint density at radius 3 is 3.11 bits per heavy atom. The van der Waals surface area contributed by atoms with Crippen molar-refractivity contribution in [3.63, 3.8) is 0 Å². The normalized spacial score (nSPS) is 12.3. The number of ether oxygens (including phenoxy) is 2. The number of rotatable bonds is 5. The van der Waals surface area contributed by atoms with Gasteiger partial charge in [-0.3, -0.25) is 0 Å². The van der Waals surface area contributed by atoms with E-state index in [0.29, 0.717) is 12.3 Å². The third-order valence-electron chi connectivity index (χ3n) is 2.19. The SMILES string of the molecule is COCC(C)OC(=O)c1csc(-c2ccoc2)n1. The summed E-state index contributed by atoms with van der Waals surface area (Å²) >= 11 is 1.37. The Morgan fingerprint density at radius 2 is 2.44 bits per heavy atom. The molecule has 0 aliphatic carbocycles. The Labute approximate surface area is 108 Å². The van der Waals surface area contributed by atoms with Crippen molar-refractivity contribution < 1.29 is 18.7 Å². The molecular weight excluding hydrogens is 254 g/mol. The van der Waals surface area contributed by atoms with Gasteiger partial charge in [0.05, 0.1) is 12.9 Å². The summed E-state index contributed by atoms with van der Waals surface area (Å²) < 4.78 is 15.0. The Morgan fingerprint density at radius 1 is 1.61 bits per heavy atom. The van der Waals surface area contributed by atoms with Gasteiger partial charge in [-0.1, -0.05) is 0 Å². The van der Waals surface area contributed by atoms with Gasteiger partial charge in [0, 0.05) is 18.1 Å². The van der Waals surface area contributed by atoms with Crippen molar-refractivity contribution in [3.05, 3.63) is 29.7 Å². The van der Waals surface area contributed by atoms with Crippen molar-refractivity contribution in [2.45, 2.75) is 13.0 Å². The number of furan rings is 1. The van der Waals surface area contributed by atoms with Crippen LogP contribution in [-0.4, -0.2) is 30.8 Å². The maximum absolute atomic E-state index is 11.8. The molecule has 1 unspecified atom stereocenters. The standard InChI is InChI=1S/C12H13NO4S/c1-8(5-15-2)17-12(14)10-7-18-11(13-10)9-3-4-16-6-9/h3-4,6-8H,5H2,1-2H3. The Kier molecular flexibility index (Phi) is 4.11. The summed E-state index contributed by atoms with van der Waals surface area (Å²) in [7, 11) is 1.56. The molecule has 0 radical (unpaired) electrons. The van der Waals surface area contributed by atoms with Crippen LogP contribution in [-0.2, 0) is 9.47 Å². The van der Waals surface area contributed by atoms with Gasteiger partial charge in [-0.05, 0) is 13.0 Å². The van der Waals surface area contributed by atoms with Crippen LogP contribution < -0.4 is 0 Å². The van der Waals surface area contributed by atoms with E-state index >= 15 is 0 Å². The highest BCUT2D eigenvalue weighted by Crippen LogP contribution is 2.24. The van der Waals surface area contributed by atoms with E-state index in [4.69, 9.17) is 13.9 Å². The zero-order valence-electron chi connectivity index (χ0n) is 10.1. The zero-order valence-corrected chi connectivity index (χ0v) is 10.9. The van der Waals surface area contributed by atoms with Crippen LogP contribution in [0.25, 0.3) is 10.6 Å². The van der Waals surface area contributed by atoms with Gasteiger partial charge >= 0.3 is 5.97 Å². The fourth-order valence-electron chi connectivity index (χ4n) is 1.40. The summed E-state index contributed by atoms with van der Waals surface area (Å²) in [6, 6.07) is 1.79. The lowest BCUT2D eigenvalue weighted by Gasteiger charge is -2.10. The fourth-order valence-corrected chi connectivity index (χ4v) is 2.17. The minimum atomic E-state index is -0.439. The number of hydrogen-bond acceptors (Lipinski definition) is 6. The van der Waals surface area contributed by atoms with E-state index in [1.807, 2.05) is 0 Å². The number of hydrogen-bond donors (Lipinski definition) is 0. The molecule has 6 heteroatoms. The summed E-state index contributed by atoms with van der Waals surface area (Å²) in [5, 5.41) is 2.40. The molecule has 0 aliphatic rings. The quantitative estimate of drug-likeness (QED) is 0.779. The third kappa shape index (κ3) is 2.96. The van der Waals surface area contributed by atoms with E-state index in [1.165, 1.54) is 11.3 Å². The molecular formula is C12H13NO4S. The maximum Gasteiger partial charge on any atom is 0.358 e. The molecule has 2 heterocycles. The maximum atomic E-state index is 11.8. The van der Waals surface area contributed by atoms with Crippen molar-refractivity contribution in [2.75, 3.05) is 13.7 Å². The molecule has 2 aromatic heterocycles. The van der Waals surface area contributed by atoms with E-state index in [9.17, 15) is 4.79 Å². The first-order valence-corrected chi connectivity index (χ1v) is 6.26. The van der Waals surface area contributed by atoms with Gasteiger partial charge < -0.3 is 13.9 Å². The average Bonchev–Trinajstić information content (AvgIpc) is 3.00. The van der Waals surface area contributed by atoms with Gasteiger partial charge in [0.1, 0.15) is 17.4 Å². The number of esters is 1. The largest absolute Gasteiger partial charge is 0.472 e. The van der Waals surface area contributed by atoms with Crippen LogP contribution in [0.3, 0.4) is 0 Å². The molecule has 0 saturated carbocycles. The van der Waals surface area contributed by atoms with Crippen LogP contribution in [0, 0.1) is 0 Å².